The van der Waals surface area contributed by atoms with Crippen molar-refractivity contribution in [1.82, 2.24) is 0 Å². The number of halogens is 1. The lowest BCUT2D eigenvalue weighted by Gasteiger charge is -2.27. The molecule has 0 spiro atoms. The molecule has 0 aromatic rings. The summed E-state index contributed by atoms with van der Waals surface area (Å²) in [5, 5.41) is 0. The molecule has 1 heteroatoms. The van der Waals surface area contributed by atoms with Gasteiger partial charge in [-0.3, -0.25) is 0 Å². The van der Waals surface area contributed by atoms with Crippen molar-refractivity contribution >= 4 is 22.6 Å². The molecule has 1 aliphatic rings. The lowest BCUT2D eigenvalue weighted by Crippen LogP contribution is -2.15. The average molecular weight is 266 g/mol. The molecule has 0 radical (unpaired) electrons. The summed E-state index contributed by atoms with van der Waals surface area (Å²) in [6.07, 6.45) is 7.40. The molecule has 1 rings (SSSR count). The zero-order chi connectivity index (χ0) is 8.27. The quantitative estimate of drug-likeness (QED) is 0.523. The predicted octanol–water partition coefficient (Wildman–Crippen LogP) is 4.03. The summed E-state index contributed by atoms with van der Waals surface area (Å²) in [7, 11) is 0. The van der Waals surface area contributed by atoms with Crippen molar-refractivity contribution in [2.75, 3.05) is 0 Å². The highest BCUT2D eigenvalue weighted by atomic mass is 127. The minimum Gasteiger partial charge on any atom is -0.0829 e. The fourth-order valence-corrected chi connectivity index (χ4v) is 2.95. The summed E-state index contributed by atoms with van der Waals surface area (Å²) in [6.45, 7) is 4.74. The van der Waals surface area contributed by atoms with E-state index in [1.807, 2.05) is 0 Å². The molecule has 0 saturated heterocycles. The molecule has 0 aliphatic heterocycles. The van der Waals surface area contributed by atoms with Gasteiger partial charge in [-0.05, 0) is 24.7 Å². The van der Waals surface area contributed by atoms with E-state index in [0.717, 1.165) is 15.8 Å². The fraction of sp³-hybridized carbons (Fsp3) is 1.00. The van der Waals surface area contributed by atoms with E-state index in [-0.39, 0.29) is 0 Å². The molecule has 3 atom stereocenters. The SMILES string of the molecule is CC(I)CC1CCCC(C)C1. The van der Waals surface area contributed by atoms with Crippen molar-refractivity contribution in [1.29, 1.82) is 0 Å². The Hall–Kier alpha value is 0.730. The second-order valence-electron chi connectivity index (χ2n) is 4.15. The average Bonchev–Trinajstić information content (AvgIpc) is 1.85. The minimum atomic E-state index is 0.878. The molecule has 0 nitrogen and oxygen atoms in total. The van der Waals surface area contributed by atoms with E-state index in [0.29, 0.717) is 0 Å². The molecular formula is C10H19I. The molecule has 1 fully saturated rings. The van der Waals surface area contributed by atoms with Gasteiger partial charge in [-0.1, -0.05) is 55.7 Å². The summed E-state index contributed by atoms with van der Waals surface area (Å²) in [5.41, 5.74) is 0. The third-order valence-corrected chi connectivity index (χ3v) is 3.21. The van der Waals surface area contributed by atoms with Crippen LogP contribution in [0.15, 0.2) is 0 Å². The highest BCUT2D eigenvalue weighted by Gasteiger charge is 2.19. The smallest absolute Gasteiger partial charge is 0.00839 e. The van der Waals surface area contributed by atoms with Crippen LogP contribution in [0.25, 0.3) is 0 Å². The fourth-order valence-electron chi connectivity index (χ4n) is 2.23. The topological polar surface area (TPSA) is 0 Å². The Kier molecular flexibility index (Phi) is 4.18. The van der Waals surface area contributed by atoms with Crippen molar-refractivity contribution in [2.45, 2.75) is 49.9 Å². The molecule has 11 heavy (non-hydrogen) atoms. The number of hydrogen-bond acceptors (Lipinski definition) is 0. The van der Waals surface area contributed by atoms with Gasteiger partial charge in [0.2, 0.25) is 0 Å². The Morgan fingerprint density at radius 3 is 2.73 bits per heavy atom. The van der Waals surface area contributed by atoms with Crippen LogP contribution in [0.3, 0.4) is 0 Å². The third-order valence-electron chi connectivity index (χ3n) is 2.70. The van der Waals surface area contributed by atoms with E-state index in [1.54, 1.807) is 0 Å². The molecule has 0 aromatic carbocycles. The maximum absolute atomic E-state index is 2.55. The van der Waals surface area contributed by atoms with Gasteiger partial charge in [0.05, 0.1) is 0 Å². The first-order valence-electron chi connectivity index (χ1n) is 4.82. The van der Waals surface area contributed by atoms with Crippen LogP contribution in [0.4, 0.5) is 0 Å². The van der Waals surface area contributed by atoms with Crippen LogP contribution in [-0.4, -0.2) is 3.92 Å². The van der Waals surface area contributed by atoms with E-state index in [4.69, 9.17) is 0 Å². The summed E-state index contributed by atoms with van der Waals surface area (Å²) in [6, 6.07) is 0. The molecule has 0 bridgehead atoms. The van der Waals surface area contributed by atoms with Crippen molar-refractivity contribution in [2.24, 2.45) is 11.8 Å². The van der Waals surface area contributed by atoms with Crippen LogP contribution < -0.4 is 0 Å². The van der Waals surface area contributed by atoms with Gasteiger partial charge in [0, 0.05) is 3.92 Å². The molecule has 0 N–H and O–H groups in total. The third kappa shape index (κ3) is 3.77. The predicted molar refractivity (Wildman–Crippen MR) is 59.2 cm³/mol. The Morgan fingerprint density at radius 2 is 2.18 bits per heavy atom. The van der Waals surface area contributed by atoms with Gasteiger partial charge in [-0.25, -0.2) is 0 Å². The van der Waals surface area contributed by atoms with Crippen LogP contribution in [0.5, 0.6) is 0 Å². The lowest BCUT2D eigenvalue weighted by molar-refractivity contribution is 0.272. The van der Waals surface area contributed by atoms with Crippen molar-refractivity contribution < 1.29 is 0 Å². The Morgan fingerprint density at radius 1 is 1.45 bits per heavy atom. The van der Waals surface area contributed by atoms with Crippen molar-refractivity contribution in [3.63, 3.8) is 0 Å². The molecule has 1 aliphatic carbocycles. The Bertz CT molecular complexity index is 107. The summed E-state index contributed by atoms with van der Waals surface area (Å²) in [5.74, 6) is 2.05. The van der Waals surface area contributed by atoms with Gasteiger partial charge in [0.25, 0.3) is 0 Å². The maximum Gasteiger partial charge on any atom is 0.00839 e. The van der Waals surface area contributed by atoms with Gasteiger partial charge in [0.15, 0.2) is 0 Å². The highest BCUT2D eigenvalue weighted by Crippen LogP contribution is 2.32. The van der Waals surface area contributed by atoms with E-state index in [2.05, 4.69) is 36.4 Å². The van der Waals surface area contributed by atoms with Crippen molar-refractivity contribution in [3.8, 4) is 0 Å². The van der Waals surface area contributed by atoms with Gasteiger partial charge in [0.1, 0.15) is 0 Å². The summed E-state index contributed by atoms with van der Waals surface area (Å²) in [4.78, 5) is 0. The van der Waals surface area contributed by atoms with Gasteiger partial charge in [-0.2, -0.15) is 0 Å². The molecule has 0 heterocycles. The molecular weight excluding hydrogens is 247 g/mol. The highest BCUT2D eigenvalue weighted by molar-refractivity contribution is 14.1. The number of hydrogen-bond donors (Lipinski definition) is 0. The molecule has 0 amide bonds. The Balaban J connectivity index is 2.23. The van der Waals surface area contributed by atoms with E-state index in [9.17, 15) is 0 Å². The van der Waals surface area contributed by atoms with Crippen LogP contribution in [-0.2, 0) is 0 Å². The first-order chi connectivity index (χ1) is 5.18. The number of rotatable bonds is 2. The first kappa shape index (κ1) is 9.82. The van der Waals surface area contributed by atoms with Gasteiger partial charge >= 0.3 is 0 Å². The van der Waals surface area contributed by atoms with Gasteiger partial charge in [-0.15, -0.1) is 0 Å². The standard InChI is InChI=1S/C10H19I/c1-8-4-3-5-10(6-8)7-9(2)11/h8-10H,3-7H2,1-2H3. The zero-order valence-corrected chi connectivity index (χ0v) is 9.80. The molecule has 66 valence electrons. The van der Waals surface area contributed by atoms with Crippen LogP contribution in [0.2, 0.25) is 0 Å². The maximum atomic E-state index is 2.55. The van der Waals surface area contributed by atoms with E-state index >= 15 is 0 Å². The van der Waals surface area contributed by atoms with Crippen LogP contribution in [0, 0.1) is 11.8 Å². The van der Waals surface area contributed by atoms with E-state index < -0.39 is 0 Å². The lowest BCUT2D eigenvalue weighted by atomic mass is 9.80. The summed E-state index contributed by atoms with van der Waals surface area (Å²) >= 11 is 2.55. The van der Waals surface area contributed by atoms with E-state index in [1.165, 1.54) is 32.1 Å². The molecule has 0 aromatic heterocycles. The second kappa shape index (κ2) is 4.68. The summed E-state index contributed by atoms with van der Waals surface area (Å²) < 4.78 is 0.878. The minimum absolute atomic E-state index is 0.878. The largest absolute Gasteiger partial charge is 0.0829 e. The molecule has 1 saturated carbocycles. The van der Waals surface area contributed by atoms with Crippen LogP contribution >= 0.6 is 22.6 Å². The van der Waals surface area contributed by atoms with Crippen molar-refractivity contribution in [3.05, 3.63) is 0 Å². The monoisotopic (exact) mass is 266 g/mol. The Labute approximate surface area is 84.3 Å². The normalized spacial score (nSPS) is 35.2. The van der Waals surface area contributed by atoms with Crippen LogP contribution in [0.1, 0.15) is 46.0 Å². The number of alkyl halides is 1. The molecule has 3 unspecified atom stereocenters. The second-order valence-corrected chi connectivity index (χ2v) is 6.28. The van der Waals surface area contributed by atoms with Gasteiger partial charge < -0.3 is 0 Å². The zero-order valence-electron chi connectivity index (χ0n) is 7.65. The first-order valence-corrected chi connectivity index (χ1v) is 6.07.